The summed E-state index contributed by atoms with van der Waals surface area (Å²) in [5, 5.41) is 24.7. The summed E-state index contributed by atoms with van der Waals surface area (Å²) in [7, 11) is 0. The van der Waals surface area contributed by atoms with Crippen molar-refractivity contribution in [2.75, 3.05) is 0 Å². The smallest absolute Gasteiger partial charge is 0.0566 e. The summed E-state index contributed by atoms with van der Waals surface area (Å²) >= 11 is 0. The van der Waals surface area contributed by atoms with Crippen LogP contribution in [-0.4, -0.2) is 4.57 Å². The molecule has 1 aliphatic heterocycles. The maximum Gasteiger partial charge on any atom is 0.0566 e. The number of fused-ring (bicyclic) bond motifs is 13. The zero-order valence-electron chi connectivity index (χ0n) is 27.8. The monoisotopic (exact) mass is 650 g/mol. The molecule has 3 heteroatoms. The van der Waals surface area contributed by atoms with E-state index in [0.717, 1.165) is 11.3 Å². The zero-order valence-corrected chi connectivity index (χ0v) is 27.8. The molecule has 10 aromatic rings. The van der Waals surface area contributed by atoms with E-state index in [4.69, 9.17) is 5.32 Å². The molecule has 240 valence electrons. The highest BCUT2D eigenvalue weighted by molar-refractivity contribution is 6.36. The number of nitrogens with one attached hydrogen (secondary N) is 1. The third kappa shape index (κ3) is 4.22. The van der Waals surface area contributed by atoms with Crippen molar-refractivity contribution in [3.05, 3.63) is 192 Å². The van der Waals surface area contributed by atoms with Gasteiger partial charge in [-0.15, -0.1) is 0 Å². The first-order valence-electron chi connectivity index (χ1n) is 17.7. The van der Waals surface area contributed by atoms with Gasteiger partial charge in [0.15, 0.2) is 0 Å². The van der Waals surface area contributed by atoms with Crippen LogP contribution in [0.1, 0.15) is 23.5 Å². The fraction of sp³-hybridized carbons (Fsp3) is 0.0417. The van der Waals surface area contributed by atoms with E-state index in [-0.39, 0.29) is 12.3 Å². The molecular formula is C48H32N3-. The van der Waals surface area contributed by atoms with Crippen LogP contribution in [0.4, 0.5) is 0 Å². The molecule has 51 heavy (non-hydrogen) atoms. The van der Waals surface area contributed by atoms with E-state index in [0.29, 0.717) is 0 Å². The number of benzene rings is 9. The average Bonchev–Trinajstić information content (AvgIpc) is 3.56. The van der Waals surface area contributed by atoms with Crippen molar-refractivity contribution < 1.29 is 0 Å². The van der Waals surface area contributed by atoms with Crippen molar-refractivity contribution >= 4 is 81.4 Å². The Hall–Kier alpha value is -6.42. The van der Waals surface area contributed by atoms with Gasteiger partial charge in [-0.25, -0.2) is 0 Å². The van der Waals surface area contributed by atoms with Crippen molar-refractivity contribution in [3.8, 4) is 0 Å². The van der Waals surface area contributed by atoms with Crippen LogP contribution in [0.25, 0.3) is 86.7 Å². The van der Waals surface area contributed by atoms with E-state index in [1.165, 1.54) is 81.2 Å². The maximum atomic E-state index is 5.75. The summed E-state index contributed by atoms with van der Waals surface area (Å²) in [5.74, 6) is 0. The minimum Gasteiger partial charge on any atom is -0.615 e. The predicted molar refractivity (Wildman–Crippen MR) is 216 cm³/mol. The number of nitrogens with zero attached hydrogens (tertiary/aromatic N) is 2. The molecule has 1 N–H and O–H groups in total. The lowest BCUT2D eigenvalue weighted by Gasteiger charge is -2.46. The van der Waals surface area contributed by atoms with Gasteiger partial charge in [-0.2, -0.15) is 0 Å². The van der Waals surface area contributed by atoms with Crippen molar-refractivity contribution in [2.24, 2.45) is 0 Å². The third-order valence-electron chi connectivity index (χ3n) is 10.9. The highest BCUT2D eigenvalue weighted by atomic mass is 15.3. The molecule has 0 radical (unpaired) electrons. The molecule has 2 atom stereocenters. The van der Waals surface area contributed by atoms with E-state index in [1.54, 1.807) is 0 Å². The third-order valence-corrected chi connectivity index (χ3v) is 10.9. The Morgan fingerprint density at radius 2 is 1.06 bits per heavy atom. The molecule has 1 aliphatic rings. The first kappa shape index (κ1) is 28.4. The van der Waals surface area contributed by atoms with Gasteiger partial charge in [0.05, 0.1) is 5.52 Å². The van der Waals surface area contributed by atoms with Crippen LogP contribution in [0.5, 0.6) is 0 Å². The lowest BCUT2D eigenvalue weighted by Crippen LogP contribution is -2.27. The molecule has 9 aromatic carbocycles. The van der Waals surface area contributed by atoms with Crippen LogP contribution in [-0.2, 0) is 0 Å². The van der Waals surface area contributed by atoms with E-state index < -0.39 is 0 Å². The summed E-state index contributed by atoms with van der Waals surface area (Å²) in [5.41, 5.74) is 5.81. The molecular weight excluding hydrogens is 619 g/mol. The summed E-state index contributed by atoms with van der Waals surface area (Å²) in [4.78, 5) is 0. The van der Waals surface area contributed by atoms with Gasteiger partial charge in [0.25, 0.3) is 0 Å². The van der Waals surface area contributed by atoms with Gasteiger partial charge >= 0.3 is 0 Å². The molecule has 0 bridgehead atoms. The predicted octanol–water partition coefficient (Wildman–Crippen LogP) is 12.8. The van der Waals surface area contributed by atoms with Gasteiger partial charge in [0, 0.05) is 32.8 Å². The van der Waals surface area contributed by atoms with Gasteiger partial charge in [-0.05, 0) is 72.6 Å². The second-order valence-electron chi connectivity index (χ2n) is 13.7. The second kappa shape index (κ2) is 11.0. The number of hydrogen-bond acceptors (Lipinski definition) is 1. The second-order valence-corrected chi connectivity index (χ2v) is 13.7. The van der Waals surface area contributed by atoms with Gasteiger partial charge in [0.2, 0.25) is 0 Å². The summed E-state index contributed by atoms with van der Waals surface area (Å²) < 4.78 is 2.51. The standard InChI is InChI=1S/C48H32N3/c1-2-15-31(16-3-1)42-29-44(50-48(49-42)41-28-32-17-5-6-18-33(32)35-20-8-9-21-36(35)41)51-43-25-13-12-24-40(43)46-45-34-19-7-4-14-30(34)26-27-38(45)37-22-10-11-23-39(37)47(46)51/h1-29,44,48-49H/q-1. The first-order valence-corrected chi connectivity index (χ1v) is 17.7. The van der Waals surface area contributed by atoms with Crippen molar-refractivity contribution in [2.45, 2.75) is 12.3 Å². The minimum atomic E-state index is -0.284. The number of hydrogen-bond donors (Lipinski definition) is 1. The van der Waals surface area contributed by atoms with Crippen molar-refractivity contribution in [1.29, 1.82) is 0 Å². The molecule has 0 saturated carbocycles. The van der Waals surface area contributed by atoms with Gasteiger partial charge in [-0.1, -0.05) is 170 Å². The van der Waals surface area contributed by atoms with Crippen molar-refractivity contribution in [3.63, 3.8) is 0 Å². The van der Waals surface area contributed by atoms with Crippen LogP contribution in [0.2, 0.25) is 0 Å². The highest BCUT2D eigenvalue weighted by Gasteiger charge is 2.24. The van der Waals surface area contributed by atoms with Gasteiger partial charge < -0.3 is 15.2 Å². The van der Waals surface area contributed by atoms with Gasteiger partial charge in [-0.3, -0.25) is 0 Å². The highest BCUT2D eigenvalue weighted by Crippen LogP contribution is 2.48. The Morgan fingerprint density at radius 3 is 1.86 bits per heavy atom. The molecule has 0 aliphatic carbocycles. The van der Waals surface area contributed by atoms with Crippen LogP contribution >= 0.6 is 0 Å². The lowest BCUT2D eigenvalue weighted by atomic mass is 9.93. The van der Waals surface area contributed by atoms with Crippen LogP contribution in [0, 0.1) is 0 Å². The van der Waals surface area contributed by atoms with Crippen LogP contribution in [0.15, 0.2) is 176 Å². The Morgan fingerprint density at radius 1 is 0.451 bits per heavy atom. The van der Waals surface area contributed by atoms with Gasteiger partial charge in [0.1, 0.15) is 0 Å². The molecule has 11 rings (SSSR count). The van der Waals surface area contributed by atoms with E-state index in [1.807, 2.05) is 0 Å². The number of rotatable bonds is 3. The molecule has 3 nitrogen and oxygen atoms in total. The van der Waals surface area contributed by atoms with Crippen LogP contribution in [0.3, 0.4) is 0 Å². The van der Waals surface area contributed by atoms with Crippen molar-refractivity contribution in [1.82, 2.24) is 9.88 Å². The molecule has 0 saturated heterocycles. The zero-order chi connectivity index (χ0) is 33.5. The maximum absolute atomic E-state index is 5.75. The lowest BCUT2D eigenvalue weighted by molar-refractivity contribution is 0.598. The SMILES string of the molecule is C1=C(c2ccccc2)NC(c2cc3ccccc3c3ccccc23)[N-]C1n1c2ccccc2c2c3c4ccccc4ccc3c3ccccc3c21. The van der Waals surface area contributed by atoms with E-state index >= 15 is 0 Å². The molecule has 1 aromatic heterocycles. The Bertz CT molecular complexity index is 3040. The Labute approximate surface area is 295 Å². The Kier molecular flexibility index (Phi) is 6.16. The minimum absolute atomic E-state index is 0.282. The topological polar surface area (TPSA) is 31.1 Å². The fourth-order valence-corrected chi connectivity index (χ4v) is 8.73. The quantitative estimate of drug-likeness (QED) is 0.190. The van der Waals surface area contributed by atoms with E-state index in [9.17, 15) is 0 Å². The number of para-hydroxylation sites is 1. The van der Waals surface area contributed by atoms with E-state index in [2.05, 4.69) is 186 Å². The normalized spacial score (nSPS) is 16.4. The molecule has 0 amide bonds. The molecule has 2 unspecified atom stereocenters. The summed E-state index contributed by atoms with van der Waals surface area (Å²) in [6.45, 7) is 0. The summed E-state index contributed by atoms with van der Waals surface area (Å²) in [6, 6.07) is 61.7. The first-order chi connectivity index (χ1) is 25.3. The summed E-state index contributed by atoms with van der Waals surface area (Å²) in [6.07, 6.45) is 1.76. The molecule has 2 heterocycles. The number of aromatic nitrogens is 1. The fourth-order valence-electron chi connectivity index (χ4n) is 8.73. The largest absolute Gasteiger partial charge is 0.615 e. The average molecular weight is 651 g/mol. The molecule has 0 spiro atoms. The molecule has 0 fully saturated rings. The Balaban J connectivity index is 1.25. The van der Waals surface area contributed by atoms with Crippen LogP contribution < -0.4 is 5.32 Å².